The van der Waals surface area contributed by atoms with Gasteiger partial charge >= 0.3 is 30.1 Å². The number of carbonyl (C=O) groups is 2. The van der Waals surface area contributed by atoms with Crippen molar-refractivity contribution in [3.63, 3.8) is 0 Å². The number of ether oxygens (including phenoxy) is 1. The highest BCUT2D eigenvalue weighted by molar-refractivity contribution is 6.08. The summed E-state index contributed by atoms with van der Waals surface area (Å²) in [5.41, 5.74) is 4.75. The van der Waals surface area contributed by atoms with Crippen LogP contribution < -0.4 is 10.3 Å². The summed E-state index contributed by atoms with van der Waals surface area (Å²) in [6.07, 6.45) is -7.33. The summed E-state index contributed by atoms with van der Waals surface area (Å²) in [4.78, 5) is 28.5. The highest BCUT2D eigenvalue weighted by Gasteiger charge is 2.59. The van der Waals surface area contributed by atoms with Crippen LogP contribution >= 0.6 is 0 Å². The average Bonchev–Trinajstić information content (AvgIpc) is 3.20. The number of alkyl halides is 6. The number of nitrogens with zero attached hydrogens (tertiary/aromatic N) is 4. The summed E-state index contributed by atoms with van der Waals surface area (Å²) in [5, 5.41) is 3.99. The molecule has 2 heterocycles. The van der Waals surface area contributed by atoms with Crippen molar-refractivity contribution < 1.29 is 40.7 Å². The fraction of sp³-hybridized carbons (Fsp3) is 0.211. The number of nitrogens with two attached hydrogens (primary N) is 1. The van der Waals surface area contributed by atoms with E-state index in [4.69, 9.17) is 4.79 Å². The zero-order chi connectivity index (χ0) is 25.0. The first-order chi connectivity index (χ1) is 15.2. The van der Waals surface area contributed by atoms with Gasteiger partial charge in [-0.05, 0) is 24.6 Å². The Hall–Kier alpha value is -3.81. The quantitative estimate of drug-likeness (QED) is 0.414. The van der Waals surface area contributed by atoms with E-state index in [9.17, 15) is 31.1 Å². The predicted molar refractivity (Wildman–Crippen MR) is 105 cm³/mol. The maximum Gasteiger partial charge on any atom is 0.490 e. The number of hydrogen-bond acceptors (Lipinski definition) is 6. The summed E-state index contributed by atoms with van der Waals surface area (Å²) in [7, 11) is 1.19. The number of rotatable bonds is 3. The molecule has 33 heavy (non-hydrogen) atoms. The van der Waals surface area contributed by atoms with Crippen LogP contribution in [0.1, 0.15) is 15.9 Å². The summed E-state index contributed by atoms with van der Waals surface area (Å²) in [6, 6.07) is 8.70. The number of benzene rings is 1. The number of aromatic nitrogens is 1. The van der Waals surface area contributed by atoms with Crippen LogP contribution in [0, 0.1) is 6.92 Å². The molecule has 1 aromatic carbocycles. The highest BCUT2D eigenvalue weighted by Crippen LogP contribution is 2.41. The van der Waals surface area contributed by atoms with Gasteiger partial charge in [-0.1, -0.05) is 15.8 Å². The van der Waals surface area contributed by atoms with Crippen LogP contribution in [-0.4, -0.2) is 48.5 Å². The van der Waals surface area contributed by atoms with Crippen molar-refractivity contribution in [3.8, 4) is 0 Å². The molecule has 8 nitrogen and oxygen atoms in total. The van der Waals surface area contributed by atoms with Gasteiger partial charge in [-0.2, -0.15) is 31.3 Å². The van der Waals surface area contributed by atoms with E-state index in [2.05, 4.69) is 25.5 Å². The highest BCUT2D eigenvalue weighted by atomic mass is 19.4. The second-order valence-electron chi connectivity index (χ2n) is 6.41. The summed E-state index contributed by atoms with van der Waals surface area (Å²) < 4.78 is 76.7. The van der Waals surface area contributed by atoms with Crippen molar-refractivity contribution in [2.24, 2.45) is 15.8 Å². The van der Waals surface area contributed by atoms with E-state index in [0.29, 0.717) is 0 Å². The minimum Gasteiger partial charge on any atom is -0.465 e. The summed E-state index contributed by atoms with van der Waals surface area (Å²) in [5.74, 6) is -4.10. The van der Waals surface area contributed by atoms with Gasteiger partial charge in [0, 0.05) is 24.4 Å². The molecule has 3 rings (SSSR count). The fourth-order valence-electron chi connectivity index (χ4n) is 2.65. The van der Waals surface area contributed by atoms with E-state index in [-0.39, 0.29) is 17.1 Å². The van der Waals surface area contributed by atoms with Gasteiger partial charge in [0.25, 0.3) is 5.82 Å². The molecule has 0 radical (unpaired) electrons. The second-order valence-corrected chi connectivity index (χ2v) is 6.41. The molecule has 0 spiro atoms. The number of amidine groups is 1. The molecule has 0 aliphatic carbocycles. The first kappa shape index (κ1) is 25.5. The Morgan fingerprint density at radius 1 is 1.06 bits per heavy atom. The standard InChI is InChI=1S/C17H14F3N4O2.C2H2F3NO/c1-11-6-7-14(21-9-11)24(16(17(18,19)20)22-10-23-24)13-5-3-4-12(8-13)15(25)26-2;3-2(4,5)1(6)7/h3-10H,1-2H3;(H2,6,7)/q+1;. The molecule has 1 aliphatic heterocycles. The molecule has 0 fully saturated rings. The number of methoxy groups -OCH3 is 1. The number of quaternary nitrogens is 1. The average molecular weight is 476 g/mol. The molecule has 0 saturated carbocycles. The third-order valence-corrected chi connectivity index (χ3v) is 4.11. The Bertz CT molecular complexity index is 1100. The number of hydrogen-bond donors (Lipinski definition) is 1. The zero-order valence-electron chi connectivity index (χ0n) is 17.0. The van der Waals surface area contributed by atoms with E-state index >= 15 is 0 Å². The zero-order valence-corrected chi connectivity index (χ0v) is 17.0. The Balaban J connectivity index is 0.000000479. The normalized spacial score (nSPS) is 17.6. The molecule has 1 aliphatic rings. The third-order valence-electron chi connectivity index (χ3n) is 4.11. The SMILES string of the molecule is COC(=O)c1cccc([N+]2(c3ccc(C)cn3)N=CN=C2C(F)(F)F)c1.NC(=O)C(F)(F)F. The lowest BCUT2D eigenvalue weighted by Crippen LogP contribution is -2.50. The van der Waals surface area contributed by atoms with Crippen molar-refractivity contribution in [2.45, 2.75) is 19.3 Å². The maximum absolute atomic E-state index is 13.7. The van der Waals surface area contributed by atoms with Crippen LogP contribution in [0.5, 0.6) is 0 Å². The van der Waals surface area contributed by atoms with Crippen LogP contribution in [0.15, 0.2) is 52.7 Å². The van der Waals surface area contributed by atoms with Crippen LogP contribution in [0.25, 0.3) is 0 Å². The molecule has 176 valence electrons. The topological polar surface area (TPSA) is 107 Å². The molecule has 0 bridgehead atoms. The number of aliphatic imine (C=N–C) groups is 1. The number of carbonyl (C=O) groups excluding carboxylic acids is 2. The van der Waals surface area contributed by atoms with Crippen molar-refractivity contribution in [1.82, 2.24) is 9.58 Å². The molecular weight excluding hydrogens is 460 g/mol. The lowest BCUT2D eigenvalue weighted by Gasteiger charge is -2.27. The van der Waals surface area contributed by atoms with Gasteiger partial charge in [0.2, 0.25) is 0 Å². The first-order valence-electron chi connectivity index (χ1n) is 8.81. The second kappa shape index (κ2) is 9.36. The van der Waals surface area contributed by atoms with Gasteiger partial charge < -0.3 is 10.5 Å². The van der Waals surface area contributed by atoms with Gasteiger partial charge in [-0.3, -0.25) is 4.79 Å². The Labute approximate surface area is 182 Å². The van der Waals surface area contributed by atoms with Gasteiger partial charge in [-0.25, -0.2) is 9.78 Å². The van der Waals surface area contributed by atoms with E-state index in [1.807, 2.05) is 0 Å². The van der Waals surface area contributed by atoms with Crippen molar-refractivity contribution in [2.75, 3.05) is 7.11 Å². The fourth-order valence-corrected chi connectivity index (χ4v) is 2.65. The molecule has 2 aromatic rings. The van der Waals surface area contributed by atoms with Gasteiger partial charge in [0.15, 0.2) is 12.0 Å². The van der Waals surface area contributed by atoms with E-state index in [1.54, 1.807) is 13.0 Å². The number of aryl methyl sites for hydroxylation is 1. The van der Waals surface area contributed by atoms with Crippen LogP contribution in [-0.2, 0) is 9.53 Å². The third kappa shape index (κ3) is 5.52. The minimum atomic E-state index is -4.86. The first-order valence-corrected chi connectivity index (χ1v) is 8.81. The monoisotopic (exact) mass is 476 g/mol. The van der Waals surface area contributed by atoms with E-state index in [1.165, 1.54) is 43.6 Å². The van der Waals surface area contributed by atoms with E-state index < -0.39 is 34.7 Å². The van der Waals surface area contributed by atoms with Gasteiger partial charge in [0.05, 0.1) is 12.7 Å². The van der Waals surface area contributed by atoms with Crippen molar-refractivity contribution in [3.05, 3.63) is 53.7 Å². The van der Waals surface area contributed by atoms with Crippen molar-refractivity contribution >= 4 is 35.6 Å². The molecule has 1 aromatic heterocycles. The number of halogens is 6. The molecule has 1 amide bonds. The molecule has 1 unspecified atom stereocenters. The van der Waals surface area contributed by atoms with Crippen LogP contribution in [0.3, 0.4) is 0 Å². The lowest BCUT2D eigenvalue weighted by molar-refractivity contribution is -0.169. The van der Waals surface area contributed by atoms with Crippen LogP contribution in [0.2, 0.25) is 0 Å². The number of amides is 1. The van der Waals surface area contributed by atoms with Gasteiger partial charge in [0.1, 0.15) is 0 Å². The van der Waals surface area contributed by atoms with Crippen LogP contribution in [0.4, 0.5) is 37.8 Å². The Kier molecular flexibility index (Phi) is 7.22. The predicted octanol–water partition coefficient (Wildman–Crippen LogP) is 3.77. The minimum absolute atomic E-state index is 0.00226. The number of esters is 1. The van der Waals surface area contributed by atoms with Gasteiger partial charge in [-0.15, -0.1) is 0 Å². The molecule has 0 saturated heterocycles. The van der Waals surface area contributed by atoms with E-state index in [0.717, 1.165) is 11.9 Å². The molecular formula is C19H16F6N5O3+. The Morgan fingerprint density at radius 2 is 1.70 bits per heavy atom. The number of pyridine rings is 1. The summed E-state index contributed by atoms with van der Waals surface area (Å²) in [6.45, 7) is 1.77. The Morgan fingerprint density at radius 3 is 2.18 bits per heavy atom. The number of primary amides is 1. The lowest BCUT2D eigenvalue weighted by atomic mass is 10.1. The maximum atomic E-state index is 13.7. The summed E-state index contributed by atoms with van der Waals surface area (Å²) >= 11 is 0. The molecule has 2 N–H and O–H groups in total. The largest absolute Gasteiger partial charge is 0.490 e. The van der Waals surface area contributed by atoms with Crippen molar-refractivity contribution in [1.29, 1.82) is 0 Å². The molecule has 14 heteroatoms. The molecule has 1 atom stereocenters. The smallest absolute Gasteiger partial charge is 0.465 e.